The van der Waals surface area contributed by atoms with Crippen LogP contribution < -0.4 is 5.32 Å². The van der Waals surface area contributed by atoms with Crippen molar-refractivity contribution in [2.75, 3.05) is 25.0 Å². The summed E-state index contributed by atoms with van der Waals surface area (Å²) in [6, 6.07) is 3.16. The van der Waals surface area contributed by atoms with Gasteiger partial charge in [-0.1, -0.05) is 12.1 Å². The fourth-order valence-electron chi connectivity index (χ4n) is 3.81. The van der Waals surface area contributed by atoms with Gasteiger partial charge in [-0.25, -0.2) is 9.97 Å². The number of rotatable bonds is 5. The largest absolute Gasteiger partial charge is 0.416 e. The zero-order valence-electron chi connectivity index (χ0n) is 16.5. The first-order valence-corrected chi connectivity index (χ1v) is 9.91. The molecule has 6 nitrogen and oxygen atoms in total. The van der Waals surface area contributed by atoms with Gasteiger partial charge in [0.15, 0.2) is 5.65 Å². The predicted molar refractivity (Wildman–Crippen MR) is 105 cm³/mol. The summed E-state index contributed by atoms with van der Waals surface area (Å²) in [4.78, 5) is 10.0. The molecule has 0 aliphatic carbocycles. The highest BCUT2D eigenvalue weighted by molar-refractivity contribution is 5.85. The Kier molecular flexibility index (Phi) is 5.78. The van der Waals surface area contributed by atoms with Crippen LogP contribution in [0.15, 0.2) is 36.8 Å². The number of alkyl halides is 5. The lowest BCUT2D eigenvalue weighted by atomic mass is 10.1. The molecule has 0 amide bonds. The van der Waals surface area contributed by atoms with Gasteiger partial charge in [-0.3, -0.25) is 10.00 Å². The van der Waals surface area contributed by atoms with Crippen molar-refractivity contribution >= 4 is 16.9 Å². The van der Waals surface area contributed by atoms with E-state index < -0.39 is 29.8 Å². The lowest BCUT2D eigenvalue weighted by Crippen LogP contribution is -2.36. The van der Waals surface area contributed by atoms with Crippen LogP contribution in [0.5, 0.6) is 0 Å². The van der Waals surface area contributed by atoms with Crippen molar-refractivity contribution in [3.63, 3.8) is 0 Å². The molecule has 2 aromatic heterocycles. The SMILES string of the molecule is FC(F)(F)c1ccc(C(F)(F)CN2CCC[C@@H](Nc3ncnc4[nH]ncc34)CC2)cc1. The van der Waals surface area contributed by atoms with E-state index in [9.17, 15) is 22.0 Å². The number of aromatic amines is 1. The summed E-state index contributed by atoms with van der Waals surface area (Å²) in [5, 5.41) is 10.8. The van der Waals surface area contributed by atoms with E-state index in [4.69, 9.17) is 0 Å². The minimum atomic E-state index is -4.55. The van der Waals surface area contributed by atoms with E-state index in [0.717, 1.165) is 23.9 Å². The number of aromatic nitrogens is 4. The van der Waals surface area contributed by atoms with Gasteiger partial charge in [-0.15, -0.1) is 0 Å². The number of fused-ring (bicyclic) bond motifs is 1. The number of benzene rings is 1. The molecule has 1 aliphatic rings. The summed E-state index contributed by atoms with van der Waals surface area (Å²) in [5.41, 5.74) is -0.737. The van der Waals surface area contributed by atoms with Crippen LogP contribution in [0, 0.1) is 0 Å². The number of nitrogens with zero attached hydrogens (tertiary/aromatic N) is 4. The summed E-state index contributed by atoms with van der Waals surface area (Å²) < 4.78 is 67.5. The Balaban J connectivity index is 1.37. The third-order valence-corrected chi connectivity index (χ3v) is 5.47. The number of hydrogen-bond donors (Lipinski definition) is 2. The molecule has 11 heteroatoms. The van der Waals surface area contributed by atoms with E-state index in [-0.39, 0.29) is 6.04 Å². The van der Waals surface area contributed by atoms with Gasteiger partial charge in [0.1, 0.15) is 12.1 Å². The Labute approximate surface area is 174 Å². The second-order valence-electron chi connectivity index (χ2n) is 7.68. The number of anilines is 1. The first kappa shape index (κ1) is 21.4. The second-order valence-corrected chi connectivity index (χ2v) is 7.68. The molecule has 0 saturated carbocycles. The minimum Gasteiger partial charge on any atom is -0.367 e. The van der Waals surface area contributed by atoms with Crippen molar-refractivity contribution in [2.24, 2.45) is 0 Å². The average molecular weight is 440 g/mol. The Hall–Kier alpha value is -2.82. The Morgan fingerprint density at radius 2 is 1.74 bits per heavy atom. The van der Waals surface area contributed by atoms with Crippen LogP contribution in [0.3, 0.4) is 0 Å². The molecule has 31 heavy (non-hydrogen) atoms. The second kappa shape index (κ2) is 8.37. The first-order chi connectivity index (χ1) is 14.7. The van der Waals surface area contributed by atoms with Crippen molar-refractivity contribution in [3.8, 4) is 0 Å². The fraction of sp³-hybridized carbons (Fsp3) is 0.450. The van der Waals surface area contributed by atoms with Crippen molar-refractivity contribution in [1.82, 2.24) is 25.1 Å². The molecular formula is C20H21F5N6. The molecule has 3 heterocycles. The number of H-pyrrole nitrogens is 1. The summed E-state index contributed by atoms with van der Waals surface area (Å²) in [5.74, 6) is -2.60. The van der Waals surface area contributed by atoms with Crippen LogP contribution in [-0.2, 0) is 12.1 Å². The van der Waals surface area contributed by atoms with Crippen LogP contribution in [0.25, 0.3) is 11.0 Å². The molecule has 2 N–H and O–H groups in total. The van der Waals surface area contributed by atoms with Gasteiger partial charge >= 0.3 is 6.18 Å². The van der Waals surface area contributed by atoms with Gasteiger partial charge in [0.2, 0.25) is 0 Å². The van der Waals surface area contributed by atoms with E-state index in [1.807, 2.05) is 0 Å². The molecular weight excluding hydrogens is 419 g/mol. The molecule has 0 bridgehead atoms. The first-order valence-electron chi connectivity index (χ1n) is 9.91. The minimum absolute atomic E-state index is 0.0534. The quantitative estimate of drug-likeness (QED) is 0.575. The topological polar surface area (TPSA) is 69.7 Å². The summed E-state index contributed by atoms with van der Waals surface area (Å²) in [6.07, 6.45) is 0.632. The summed E-state index contributed by atoms with van der Waals surface area (Å²) in [7, 11) is 0. The highest BCUT2D eigenvalue weighted by Gasteiger charge is 2.36. The molecule has 166 valence electrons. The number of hydrogen-bond acceptors (Lipinski definition) is 5. The maximum absolute atomic E-state index is 14.7. The number of halogens is 5. The molecule has 0 spiro atoms. The molecule has 0 unspecified atom stereocenters. The van der Waals surface area contributed by atoms with Crippen LogP contribution >= 0.6 is 0 Å². The average Bonchev–Trinajstić information content (AvgIpc) is 3.11. The predicted octanol–water partition coefficient (Wildman–Crippen LogP) is 4.43. The van der Waals surface area contributed by atoms with E-state index in [2.05, 4.69) is 25.5 Å². The maximum Gasteiger partial charge on any atom is 0.416 e. The molecule has 1 saturated heterocycles. The number of nitrogens with one attached hydrogen (secondary N) is 2. The Morgan fingerprint density at radius 1 is 1.00 bits per heavy atom. The monoisotopic (exact) mass is 440 g/mol. The lowest BCUT2D eigenvalue weighted by Gasteiger charge is -2.26. The normalized spacial score (nSPS) is 18.8. The van der Waals surface area contributed by atoms with Gasteiger partial charge in [0.25, 0.3) is 5.92 Å². The summed E-state index contributed by atoms with van der Waals surface area (Å²) >= 11 is 0. The van der Waals surface area contributed by atoms with Crippen LogP contribution in [-0.4, -0.2) is 50.7 Å². The van der Waals surface area contributed by atoms with E-state index in [0.29, 0.717) is 49.5 Å². The third-order valence-electron chi connectivity index (χ3n) is 5.47. The maximum atomic E-state index is 14.7. The Morgan fingerprint density at radius 3 is 2.48 bits per heavy atom. The molecule has 1 fully saturated rings. The molecule has 1 aromatic carbocycles. The van der Waals surface area contributed by atoms with E-state index in [1.54, 1.807) is 11.1 Å². The molecule has 1 aliphatic heterocycles. The number of likely N-dealkylation sites (tertiary alicyclic amines) is 1. The van der Waals surface area contributed by atoms with Crippen molar-refractivity contribution in [2.45, 2.75) is 37.4 Å². The van der Waals surface area contributed by atoms with Gasteiger partial charge in [-0.2, -0.15) is 27.1 Å². The fourth-order valence-corrected chi connectivity index (χ4v) is 3.81. The smallest absolute Gasteiger partial charge is 0.367 e. The van der Waals surface area contributed by atoms with Gasteiger partial charge in [-0.05, 0) is 37.9 Å². The van der Waals surface area contributed by atoms with Crippen molar-refractivity contribution < 1.29 is 22.0 Å². The zero-order valence-corrected chi connectivity index (χ0v) is 16.5. The van der Waals surface area contributed by atoms with Gasteiger partial charge < -0.3 is 5.32 Å². The molecule has 3 aromatic rings. The standard InChI is InChI=1S/C20H21F5N6/c21-19(22,13-3-5-14(6-4-13)20(23,24)25)11-31-8-1-2-15(7-9-31)29-17-16-10-28-30-18(16)27-12-26-17/h3-6,10,12,15H,1-2,7-9,11H2,(H2,26,27,28,29,30)/t15-/m1/s1. The van der Waals surface area contributed by atoms with Crippen molar-refractivity contribution in [1.29, 1.82) is 0 Å². The highest BCUT2D eigenvalue weighted by Crippen LogP contribution is 2.34. The molecule has 1 atom stereocenters. The third kappa shape index (κ3) is 4.92. The highest BCUT2D eigenvalue weighted by atomic mass is 19.4. The zero-order chi connectivity index (χ0) is 22.1. The van der Waals surface area contributed by atoms with E-state index >= 15 is 0 Å². The van der Waals surface area contributed by atoms with Gasteiger partial charge in [0.05, 0.1) is 23.7 Å². The summed E-state index contributed by atoms with van der Waals surface area (Å²) in [6.45, 7) is 0.386. The lowest BCUT2D eigenvalue weighted by molar-refractivity contribution is -0.137. The van der Waals surface area contributed by atoms with Crippen molar-refractivity contribution in [3.05, 3.63) is 47.9 Å². The van der Waals surface area contributed by atoms with Crippen LogP contribution in [0.1, 0.15) is 30.4 Å². The molecule has 4 rings (SSSR count). The van der Waals surface area contributed by atoms with Gasteiger partial charge in [0, 0.05) is 18.2 Å². The molecule has 0 radical (unpaired) electrons. The Bertz CT molecular complexity index is 1020. The van der Waals surface area contributed by atoms with E-state index in [1.165, 1.54) is 6.33 Å². The van der Waals surface area contributed by atoms with Crippen LogP contribution in [0.4, 0.5) is 27.8 Å². The van der Waals surface area contributed by atoms with Crippen LogP contribution in [0.2, 0.25) is 0 Å².